The van der Waals surface area contributed by atoms with Gasteiger partial charge in [0.1, 0.15) is 21.1 Å². The molecule has 15 nitrogen and oxygen atoms in total. The van der Waals surface area contributed by atoms with Gasteiger partial charge < -0.3 is 37.0 Å². The van der Waals surface area contributed by atoms with Crippen molar-refractivity contribution in [2.75, 3.05) is 31.4 Å². The third kappa shape index (κ3) is 30.4. The molecule has 0 fully saturated rings. The fourth-order valence-electron chi connectivity index (χ4n) is 2.43. The average molecular weight is 868 g/mol. The summed E-state index contributed by atoms with van der Waals surface area (Å²) in [4.78, 5) is 30.7. The molecule has 3 aromatic rings. The molecule has 262 valence electrons. The number of aromatic hydroxyl groups is 1. The van der Waals surface area contributed by atoms with Crippen LogP contribution in [-0.4, -0.2) is 52.2 Å². The monoisotopic (exact) mass is 865 g/mol. The van der Waals surface area contributed by atoms with Gasteiger partial charge >= 0.3 is 114 Å². The second kappa shape index (κ2) is 41.5. The van der Waals surface area contributed by atoms with Crippen LogP contribution in [0.25, 0.3) is 0 Å². The van der Waals surface area contributed by atoms with E-state index in [0.29, 0.717) is 29.7 Å². The molecule has 0 saturated heterocycles. The van der Waals surface area contributed by atoms with Gasteiger partial charge in [-0.25, -0.2) is 0 Å². The molecule has 0 saturated carbocycles. The van der Waals surface area contributed by atoms with Crippen molar-refractivity contribution in [2.45, 2.75) is 20.8 Å². The maximum atomic E-state index is 10.6. The van der Waals surface area contributed by atoms with Crippen molar-refractivity contribution in [3.05, 3.63) is 96.8 Å². The number of aliphatic hydroxyl groups is 1. The van der Waals surface area contributed by atoms with Crippen molar-refractivity contribution in [3.63, 3.8) is 0 Å². The maximum absolute atomic E-state index is 10.6. The number of nitro groups is 2. The predicted molar refractivity (Wildman–Crippen MR) is 183 cm³/mol. The first-order chi connectivity index (χ1) is 22.3. The van der Waals surface area contributed by atoms with Gasteiger partial charge in [0.05, 0.1) is 46.8 Å². The van der Waals surface area contributed by atoms with Crippen LogP contribution >= 0.6 is 50.7 Å². The molecule has 0 aliphatic heterocycles. The zero-order chi connectivity index (χ0) is 37.4. The molecule has 21 heteroatoms. The SMILES string of the molecule is CC#N.CCOc1cccc(Cl)c1N.CCOc1cccc(Cl)c1[N+](=O)[O-].CO.O=CO[O-].O=[N+]([O-])c1c(O)cccc1Cl.[CH2+]CBr.[H-].[K+].[K+]. The van der Waals surface area contributed by atoms with Gasteiger partial charge in [-0.3, -0.25) is 25.0 Å². The number of nitro benzene ring substituents is 2. The third-order valence-corrected chi connectivity index (χ3v) is 4.87. The van der Waals surface area contributed by atoms with Crippen molar-refractivity contribution in [2.24, 2.45) is 0 Å². The molecule has 3 aromatic carbocycles. The molecule has 4 N–H and O–H groups in total. The van der Waals surface area contributed by atoms with Crippen molar-refractivity contribution in [1.29, 1.82) is 5.26 Å². The molecule has 49 heavy (non-hydrogen) atoms. The molecular weight excluding hydrogens is 833 g/mol. The number of carbonyl (C=O) groups is 1. The molecule has 0 aliphatic rings. The first kappa shape index (κ1) is 60.1. The maximum Gasteiger partial charge on any atom is 1.00 e. The van der Waals surface area contributed by atoms with E-state index in [-0.39, 0.29) is 132 Å². The van der Waals surface area contributed by atoms with E-state index in [1.54, 1.807) is 31.2 Å². The molecule has 0 amide bonds. The number of hydrogen-bond acceptors (Lipinski definition) is 13. The summed E-state index contributed by atoms with van der Waals surface area (Å²) in [7, 11) is 1.00. The minimum absolute atomic E-state index is 0. The molecule has 0 spiro atoms. The topological polar surface area (TPSA) is 244 Å². The summed E-state index contributed by atoms with van der Waals surface area (Å²) in [6.45, 7) is 9.29. The zero-order valence-electron chi connectivity index (χ0n) is 28.6. The summed E-state index contributed by atoms with van der Waals surface area (Å²) in [5.41, 5.74) is 5.50. The van der Waals surface area contributed by atoms with Crippen LogP contribution in [0.5, 0.6) is 17.2 Å². The van der Waals surface area contributed by atoms with Crippen molar-refractivity contribution >= 4 is 74.3 Å². The number of ether oxygens (including phenoxy) is 2. The molecule has 0 atom stereocenters. The molecule has 3 rings (SSSR count). The largest absolute Gasteiger partial charge is 1.00 e. The van der Waals surface area contributed by atoms with Gasteiger partial charge in [-0.2, -0.15) is 5.26 Å². The summed E-state index contributed by atoms with van der Waals surface area (Å²) in [5.74, 6) is 0.447. The Balaban J connectivity index is -0.0000000934. The first-order valence-corrected chi connectivity index (χ1v) is 14.7. The van der Waals surface area contributed by atoms with Crippen molar-refractivity contribution in [3.8, 4) is 23.3 Å². The van der Waals surface area contributed by atoms with E-state index in [2.05, 4.69) is 27.7 Å². The predicted octanol–water partition coefficient (Wildman–Crippen LogP) is 0.831. The number of nitrogen functional groups attached to an aromatic ring is 1. The van der Waals surface area contributed by atoms with E-state index in [0.717, 1.165) is 12.4 Å². The Kier molecular flexibility index (Phi) is 50.9. The molecule has 0 bridgehead atoms. The fourth-order valence-corrected chi connectivity index (χ4v) is 3.07. The number of phenolic OH excluding ortho intramolecular Hbond substituents is 1. The van der Waals surface area contributed by atoms with Crippen LogP contribution in [0.1, 0.15) is 22.2 Å². The van der Waals surface area contributed by atoms with Crippen LogP contribution < -0.4 is 123 Å². The molecule has 0 unspecified atom stereocenters. The molecule has 0 aromatic heterocycles. The number of aliphatic hydroxyl groups excluding tert-OH is 1. The van der Waals surface area contributed by atoms with Gasteiger partial charge in [-0.1, -0.05) is 53.0 Å². The number of carbonyl (C=O) groups excluding carboxylic acids is 1. The van der Waals surface area contributed by atoms with E-state index in [9.17, 15) is 20.2 Å². The van der Waals surface area contributed by atoms with Gasteiger partial charge in [-0.15, -0.1) is 0 Å². The molecule has 0 aliphatic carbocycles. The first-order valence-electron chi connectivity index (χ1n) is 12.5. The Morgan fingerprint density at radius 2 is 1.24 bits per heavy atom. The van der Waals surface area contributed by atoms with Gasteiger partial charge in [0.2, 0.25) is 0 Å². The van der Waals surface area contributed by atoms with Gasteiger partial charge in [-0.05, 0) is 66.2 Å². The van der Waals surface area contributed by atoms with E-state index in [1.165, 1.54) is 37.3 Å². The average Bonchev–Trinajstić information content (AvgIpc) is 3.02. The normalized spacial score (nSPS) is 7.94. The Labute approximate surface area is 394 Å². The summed E-state index contributed by atoms with van der Waals surface area (Å²) >= 11 is 19.8. The van der Waals surface area contributed by atoms with Crippen LogP contribution in [0.15, 0.2) is 54.6 Å². The molecular formula is C28H35BrCl3K2N4O11+. The van der Waals surface area contributed by atoms with Crippen LogP contribution in [0, 0.1) is 38.5 Å². The quantitative estimate of drug-likeness (QED) is 0.0436. The van der Waals surface area contributed by atoms with Crippen LogP contribution in [0.3, 0.4) is 0 Å². The zero-order valence-corrected chi connectivity index (χ0v) is 37.7. The summed E-state index contributed by atoms with van der Waals surface area (Å²) < 4.78 is 10.3. The number of anilines is 1. The summed E-state index contributed by atoms with van der Waals surface area (Å²) in [6.07, 6.45) is 0. The standard InChI is InChI=1S/C8H8ClNO3.C8H10ClNO.C6H4ClNO3.C2H4Br.C2H3N.CH2O3.CH4O.2K.H/c1-2-13-7-5-3-4-6(9)8(7)10(11)12;1-2-11-7-5-3-4-6(9)8(7)10;7-4-2-1-3-5(9)6(4)8(10)11;2*1-2-3;2-1-4-3;1-2;;;/h3-5H,2H2,1H3;3-5H,2,10H2,1H3;1-3,9H;1-2H2;1H3;1,3H;2H,1H3;;;/q;;;+1;;;;2*+1;-1/p-1. The second-order valence-corrected chi connectivity index (χ2v) is 8.85. The van der Waals surface area contributed by atoms with E-state index in [1.807, 2.05) is 13.0 Å². The second-order valence-electron chi connectivity index (χ2n) is 6.83. The number of rotatable bonds is 7. The minimum Gasteiger partial charge on any atom is -1.00 e. The van der Waals surface area contributed by atoms with E-state index >= 15 is 0 Å². The summed E-state index contributed by atoms with van der Waals surface area (Å²) in [5, 5.41) is 53.8. The Morgan fingerprint density at radius 1 is 0.918 bits per heavy atom. The Bertz CT molecular complexity index is 1350. The number of benzene rings is 3. The fraction of sp³-hybridized carbons (Fsp3) is 0.250. The number of halogens is 4. The minimum atomic E-state index is -0.725. The Morgan fingerprint density at radius 3 is 1.57 bits per heavy atom. The van der Waals surface area contributed by atoms with Crippen LogP contribution in [-0.2, 0) is 9.68 Å². The third-order valence-electron chi connectivity index (χ3n) is 3.93. The smallest absolute Gasteiger partial charge is 1.00 e. The number of nitrogens with two attached hydrogens (primary N) is 1. The van der Waals surface area contributed by atoms with E-state index < -0.39 is 21.3 Å². The molecule has 0 radical (unpaired) electrons. The van der Waals surface area contributed by atoms with Crippen LogP contribution in [0.2, 0.25) is 15.1 Å². The number of nitriles is 1. The van der Waals surface area contributed by atoms with Crippen LogP contribution in [0.4, 0.5) is 17.1 Å². The number of nitrogens with zero attached hydrogens (tertiary/aromatic N) is 3. The number of alkyl halides is 1. The van der Waals surface area contributed by atoms with Gasteiger partial charge in [0, 0.05) is 14.0 Å². The summed E-state index contributed by atoms with van der Waals surface area (Å²) in [6, 6.07) is 15.7. The van der Waals surface area contributed by atoms with Crippen molar-refractivity contribution in [1.82, 2.24) is 0 Å². The number of phenols is 1. The molecule has 0 heterocycles. The van der Waals surface area contributed by atoms with Gasteiger partial charge in [0.15, 0.2) is 11.5 Å². The Hall–Kier alpha value is -0.967. The van der Waals surface area contributed by atoms with E-state index in [4.69, 9.17) is 75.5 Å². The van der Waals surface area contributed by atoms with Gasteiger partial charge in [0.25, 0.3) is 6.47 Å². The number of hydrogen-bond donors (Lipinski definition) is 3. The van der Waals surface area contributed by atoms with Crippen molar-refractivity contribution < 1.29 is 149 Å². The number of para-hydroxylation sites is 3.